The van der Waals surface area contributed by atoms with Crippen LogP contribution >= 0.6 is 15.6 Å². The van der Waals surface area contributed by atoms with Crippen molar-refractivity contribution in [1.82, 2.24) is 0 Å². The van der Waals surface area contributed by atoms with Crippen molar-refractivity contribution >= 4 is 39.5 Å². The Morgan fingerprint density at radius 1 is 0.300 bits per heavy atom. The monoisotopic (exact) mass is 1320 g/mol. The van der Waals surface area contributed by atoms with Gasteiger partial charge in [-0.3, -0.25) is 37.3 Å². The predicted molar refractivity (Wildman–Crippen MR) is 363 cm³/mol. The lowest BCUT2D eigenvalue weighted by Crippen LogP contribution is -2.30. The molecule has 0 aliphatic heterocycles. The summed E-state index contributed by atoms with van der Waals surface area (Å²) in [6.07, 6.45) is 51.4. The third-order valence-electron chi connectivity index (χ3n) is 16.5. The molecule has 0 aliphatic carbocycles. The van der Waals surface area contributed by atoms with Crippen LogP contribution in [-0.4, -0.2) is 96.7 Å². The Labute approximate surface area is 549 Å². The highest BCUT2D eigenvalue weighted by Crippen LogP contribution is 2.45. The summed E-state index contributed by atoms with van der Waals surface area (Å²) in [7, 11) is -9.90. The number of carbonyl (C=O) groups excluding carboxylic acids is 4. The number of ether oxygens (including phenoxy) is 4. The number of rotatable bonds is 71. The highest BCUT2D eigenvalue weighted by atomic mass is 31.2. The molecule has 0 aromatic heterocycles. The molecule has 19 heteroatoms. The van der Waals surface area contributed by atoms with Gasteiger partial charge in [0.05, 0.1) is 26.4 Å². The van der Waals surface area contributed by atoms with Crippen molar-refractivity contribution in [1.29, 1.82) is 0 Å². The van der Waals surface area contributed by atoms with E-state index in [0.29, 0.717) is 31.6 Å². The number of hydrogen-bond donors (Lipinski definition) is 3. The lowest BCUT2D eigenvalue weighted by molar-refractivity contribution is -0.161. The molecule has 0 saturated heterocycles. The molecule has 0 aromatic carbocycles. The molecule has 0 amide bonds. The highest BCUT2D eigenvalue weighted by Gasteiger charge is 2.30. The number of phosphoric ester groups is 2. The van der Waals surface area contributed by atoms with Crippen molar-refractivity contribution in [2.45, 2.75) is 387 Å². The molecule has 0 rings (SSSR count). The molecule has 17 nitrogen and oxygen atoms in total. The minimum absolute atomic E-state index is 0.106. The van der Waals surface area contributed by atoms with E-state index in [2.05, 4.69) is 34.6 Å². The SMILES string of the molecule is CCCCCCCCCCCCCCCCCCCC(=O)O[C@H](COC(=O)CCCCCCCCCCCCCCCC)COP(=O)(O)OC[C@@H](O)COP(=O)(O)OC[C@@H](COC(=O)CCCCCCCCC(C)C)OC(=O)CCCCCCCCCCCC. The minimum Gasteiger partial charge on any atom is -0.462 e. The molecule has 3 N–H and O–H groups in total. The summed E-state index contributed by atoms with van der Waals surface area (Å²) in [5.41, 5.74) is 0. The van der Waals surface area contributed by atoms with Crippen molar-refractivity contribution in [3.63, 3.8) is 0 Å². The molecular formula is C71H138O17P2. The average Bonchev–Trinajstić information content (AvgIpc) is 2.96. The summed E-state index contributed by atoms with van der Waals surface area (Å²) in [5.74, 6) is -1.44. The average molecular weight is 1330 g/mol. The predicted octanol–water partition coefficient (Wildman–Crippen LogP) is 20.5. The Bertz CT molecular complexity index is 1740. The molecule has 0 radical (unpaired) electrons. The first kappa shape index (κ1) is 88.1. The van der Waals surface area contributed by atoms with E-state index >= 15 is 0 Å². The van der Waals surface area contributed by atoms with Crippen molar-refractivity contribution in [2.24, 2.45) is 5.92 Å². The van der Waals surface area contributed by atoms with Gasteiger partial charge in [-0.2, -0.15) is 0 Å². The lowest BCUT2D eigenvalue weighted by Gasteiger charge is -2.21. The molecule has 90 heavy (non-hydrogen) atoms. The van der Waals surface area contributed by atoms with Gasteiger partial charge in [0, 0.05) is 25.7 Å². The normalized spacial score (nSPS) is 14.1. The van der Waals surface area contributed by atoms with Gasteiger partial charge in [0.25, 0.3) is 0 Å². The number of esters is 4. The van der Waals surface area contributed by atoms with E-state index in [9.17, 15) is 43.2 Å². The van der Waals surface area contributed by atoms with Gasteiger partial charge in [0.15, 0.2) is 12.2 Å². The van der Waals surface area contributed by atoms with Gasteiger partial charge in [-0.15, -0.1) is 0 Å². The van der Waals surface area contributed by atoms with E-state index in [1.165, 1.54) is 186 Å². The van der Waals surface area contributed by atoms with Crippen LogP contribution in [0.3, 0.4) is 0 Å². The van der Waals surface area contributed by atoms with Crippen molar-refractivity contribution in [3.05, 3.63) is 0 Å². The van der Waals surface area contributed by atoms with Crippen molar-refractivity contribution in [3.8, 4) is 0 Å². The molecule has 5 atom stereocenters. The molecule has 0 heterocycles. The van der Waals surface area contributed by atoms with Gasteiger partial charge in [-0.25, -0.2) is 9.13 Å². The second-order valence-corrected chi connectivity index (χ2v) is 29.0. The lowest BCUT2D eigenvalue weighted by atomic mass is 10.0. The fraction of sp³-hybridized carbons (Fsp3) is 0.944. The van der Waals surface area contributed by atoms with Crippen LogP contribution in [0.25, 0.3) is 0 Å². The van der Waals surface area contributed by atoms with Gasteiger partial charge in [0.2, 0.25) is 0 Å². The molecule has 0 saturated carbocycles. The minimum atomic E-state index is -4.95. The van der Waals surface area contributed by atoms with Crippen LogP contribution in [0, 0.1) is 5.92 Å². The zero-order valence-electron chi connectivity index (χ0n) is 58.3. The van der Waals surface area contributed by atoms with Gasteiger partial charge in [0.1, 0.15) is 19.3 Å². The van der Waals surface area contributed by atoms with Crippen LogP contribution in [0.4, 0.5) is 0 Å². The van der Waals surface area contributed by atoms with Gasteiger partial charge in [-0.05, 0) is 31.6 Å². The van der Waals surface area contributed by atoms with Gasteiger partial charge >= 0.3 is 39.5 Å². The zero-order chi connectivity index (χ0) is 66.3. The third-order valence-corrected chi connectivity index (χ3v) is 18.4. The number of phosphoric acid groups is 2. The first-order valence-corrected chi connectivity index (χ1v) is 40.1. The van der Waals surface area contributed by atoms with E-state index in [0.717, 1.165) is 96.3 Å². The first-order valence-electron chi connectivity index (χ1n) is 37.1. The summed E-state index contributed by atoms with van der Waals surface area (Å²) in [4.78, 5) is 72.5. The number of carbonyl (C=O) groups is 4. The van der Waals surface area contributed by atoms with Crippen molar-refractivity contribution < 1.29 is 80.2 Å². The molecular weight excluding hydrogens is 1190 g/mol. The van der Waals surface area contributed by atoms with Crippen LogP contribution in [0.2, 0.25) is 0 Å². The van der Waals surface area contributed by atoms with Gasteiger partial charge in [-0.1, -0.05) is 317 Å². The smallest absolute Gasteiger partial charge is 0.462 e. The summed E-state index contributed by atoms with van der Waals surface area (Å²) in [6, 6.07) is 0. The van der Waals surface area contributed by atoms with E-state index in [4.69, 9.17) is 37.0 Å². The molecule has 0 fully saturated rings. The summed E-state index contributed by atoms with van der Waals surface area (Å²) >= 11 is 0. The highest BCUT2D eigenvalue weighted by molar-refractivity contribution is 7.47. The quantitative estimate of drug-likeness (QED) is 0.0222. The van der Waals surface area contributed by atoms with Crippen LogP contribution in [0.1, 0.15) is 369 Å². The maximum atomic E-state index is 13.0. The van der Waals surface area contributed by atoms with E-state index in [1.54, 1.807) is 0 Å². The molecule has 0 bridgehead atoms. The standard InChI is InChI=1S/C71H138O17P2/c1-6-9-12-15-18-21-24-26-28-29-30-32-34-37-40-47-52-57-71(76)87-66(60-81-68(73)54-49-44-38-36-33-31-27-25-22-19-16-13-10-7-2)62-85-89(77,78)83-58-65(72)59-84-90(79,80)86-63-67(61-82-69(74)55-50-45-42-41-43-48-53-64(4)5)88-70(75)56-51-46-39-35-23-20-17-14-11-8-3/h64-67,72H,6-63H2,1-5H3,(H,77,78)(H,79,80)/t65-,66-,67-/m1/s1. The fourth-order valence-corrected chi connectivity index (χ4v) is 12.4. The maximum Gasteiger partial charge on any atom is 0.472 e. The van der Waals surface area contributed by atoms with E-state index < -0.39 is 97.5 Å². The van der Waals surface area contributed by atoms with Gasteiger partial charge < -0.3 is 33.8 Å². The van der Waals surface area contributed by atoms with E-state index in [1.807, 2.05) is 0 Å². The Morgan fingerprint density at radius 3 is 0.756 bits per heavy atom. The molecule has 0 aromatic rings. The first-order chi connectivity index (χ1) is 43.5. The Hall–Kier alpha value is -1.94. The van der Waals surface area contributed by atoms with Crippen LogP contribution in [-0.2, 0) is 65.4 Å². The van der Waals surface area contributed by atoms with Crippen LogP contribution in [0.15, 0.2) is 0 Å². The topological polar surface area (TPSA) is 237 Å². The summed E-state index contributed by atoms with van der Waals surface area (Å²) in [6.45, 7) is 7.17. The van der Waals surface area contributed by atoms with E-state index in [-0.39, 0.29) is 25.7 Å². The zero-order valence-corrected chi connectivity index (χ0v) is 60.1. The second-order valence-electron chi connectivity index (χ2n) is 26.1. The number of aliphatic hydroxyl groups is 1. The summed E-state index contributed by atoms with van der Waals surface area (Å²) < 4.78 is 68.3. The summed E-state index contributed by atoms with van der Waals surface area (Å²) in [5, 5.41) is 10.6. The number of aliphatic hydroxyl groups excluding tert-OH is 1. The maximum absolute atomic E-state index is 13.0. The Morgan fingerprint density at radius 2 is 0.511 bits per heavy atom. The molecule has 0 spiro atoms. The third kappa shape index (κ3) is 64.8. The molecule has 0 aliphatic rings. The number of hydrogen-bond acceptors (Lipinski definition) is 15. The molecule has 2 unspecified atom stereocenters. The largest absolute Gasteiger partial charge is 0.472 e. The Kier molecular flexibility index (Phi) is 63.0. The number of unbranched alkanes of at least 4 members (excludes halogenated alkanes) is 43. The fourth-order valence-electron chi connectivity index (χ4n) is 10.8. The molecule has 534 valence electrons. The van der Waals surface area contributed by atoms with Crippen LogP contribution < -0.4 is 0 Å². The van der Waals surface area contributed by atoms with Crippen LogP contribution in [0.5, 0.6) is 0 Å². The Balaban J connectivity index is 5.22. The second kappa shape index (κ2) is 64.4. The van der Waals surface area contributed by atoms with Crippen molar-refractivity contribution in [2.75, 3.05) is 39.6 Å².